The summed E-state index contributed by atoms with van der Waals surface area (Å²) in [6, 6.07) is 0. The molecular formula is C8H15O4P. The van der Waals surface area contributed by atoms with Gasteiger partial charge in [-0.25, -0.2) is 0 Å². The van der Waals surface area contributed by atoms with E-state index in [-0.39, 0.29) is 11.4 Å². The van der Waals surface area contributed by atoms with Crippen LogP contribution in [0, 0.1) is 0 Å². The molecule has 0 unspecified atom stereocenters. The summed E-state index contributed by atoms with van der Waals surface area (Å²) in [4.78, 5) is 11.1. The van der Waals surface area contributed by atoms with Crippen molar-refractivity contribution in [1.29, 1.82) is 0 Å². The molecule has 5 heteroatoms. The van der Waals surface area contributed by atoms with Crippen LogP contribution >= 0.6 is 7.60 Å². The van der Waals surface area contributed by atoms with Crippen molar-refractivity contribution in [2.75, 3.05) is 14.2 Å². The zero-order valence-electron chi connectivity index (χ0n) is 7.99. The van der Waals surface area contributed by atoms with Gasteiger partial charge in [-0.05, 0) is 12.8 Å². The predicted octanol–water partition coefficient (Wildman–Crippen LogP) is 1.98. The lowest BCUT2D eigenvalue weighted by Gasteiger charge is -2.26. The van der Waals surface area contributed by atoms with Crippen LogP contribution in [0.5, 0.6) is 0 Å². The van der Waals surface area contributed by atoms with E-state index in [1.165, 1.54) is 14.2 Å². The van der Waals surface area contributed by atoms with Crippen molar-refractivity contribution >= 4 is 13.4 Å². The van der Waals surface area contributed by atoms with Crippen LogP contribution in [0.2, 0.25) is 0 Å². The standard InChI is InChI=1S/C8H15O4P/c1-11-13(10,12-2)8-5-3-4-7(9)6-8/h8H,3-6H2,1-2H3/t8-/m1/s1. The second kappa shape index (κ2) is 4.36. The van der Waals surface area contributed by atoms with E-state index in [1.54, 1.807) is 0 Å². The van der Waals surface area contributed by atoms with Gasteiger partial charge in [-0.2, -0.15) is 0 Å². The first-order chi connectivity index (χ1) is 6.12. The molecular weight excluding hydrogens is 191 g/mol. The number of carbonyl (C=O) groups excluding carboxylic acids is 1. The maximum Gasteiger partial charge on any atom is 0.333 e. The van der Waals surface area contributed by atoms with Gasteiger partial charge in [0.2, 0.25) is 0 Å². The van der Waals surface area contributed by atoms with Gasteiger partial charge in [-0.3, -0.25) is 9.36 Å². The van der Waals surface area contributed by atoms with Crippen molar-refractivity contribution in [3.63, 3.8) is 0 Å². The third kappa shape index (κ3) is 2.39. The van der Waals surface area contributed by atoms with Gasteiger partial charge in [-0.1, -0.05) is 0 Å². The van der Waals surface area contributed by atoms with E-state index in [0.29, 0.717) is 12.8 Å². The molecule has 0 amide bonds. The van der Waals surface area contributed by atoms with Gasteiger partial charge in [0.15, 0.2) is 0 Å². The normalized spacial score (nSPS) is 24.8. The second-order valence-corrected chi connectivity index (χ2v) is 5.73. The Labute approximate surface area is 78.1 Å². The lowest BCUT2D eigenvalue weighted by atomic mass is 9.99. The monoisotopic (exact) mass is 206 g/mol. The Morgan fingerprint density at radius 1 is 1.38 bits per heavy atom. The highest BCUT2D eigenvalue weighted by Crippen LogP contribution is 2.55. The maximum absolute atomic E-state index is 11.9. The fourth-order valence-corrected chi connectivity index (χ4v) is 3.32. The fraction of sp³-hybridized carbons (Fsp3) is 0.875. The number of Topliss-reactive ketones (excluding diaryl/α,β-unsaturated/α-hetero) is 1. The summed E-state index contributed by atoms with van der Waals surface area (Å²) in [6.07, 6.45) is 2.48. The molecule has 1 aliphatic carbocycles. The Morgan fingerprint density at radius 2 is 2.00 bits per heavy atom. The SMILES string of the molecule is COP(=O)(OC)[C@@H]1CCCC(=O)C1. The average molecular weight is 206 g/mol. The predicted molar refractivity (Wildman–Crippen MR) is 48.9 cm³/mol. The first-order valence-electron chi connectivity index (χ1n) is 4.35. The topological polar surface area (TPSA) is 52.6 Å². The molecule has 1 aliphatic rings. The summed E-state index contributed by atoms with van der Waals surface area (Å²) < 4.78 is 21.6. The number of carbonyl (C=O) groups is 1. The first-order valence-corrected chi connectivity index (χ1v) is 5.96. The summed E-state index contributed by atoms with van der Waals surface area (Å²) >= 11 is 0. The Morgan fingerprint density at radius 3 is 2.46 bits per heavy atom. The fourth-order valence-electron chi connectivity index (χ4n) is 1.64. The summed E-state index contributed by atoms with van der Waals surface area (Å²) in [5.74, 6) is 0.158. The Bertz CT molecular complexity index is 230. The summed E-state index contributed by atoms with van der Waals surface area (Å²) in [5, 5.41) is 0. The lowest BCUT2D eigenvalue weighted by Crippen LogP contribution is -2.21. The van der Waals surface area contributed by atoms with Gasteiger partial charge < -0.3 is 9.05 Å². The molecule has 0 heterocycles. The molecule has 0 saturated heterocycles. The Kier molecular flexibility index (Phi) is 3.65. The molecule has 0 aromatic heterocycles. The van der Waals surface area contributed by atoms with Gasteiger partial charge in [0.05, 0.1) is 5.66 Å². The van der Waals surface area contributed by atoms with Gasteiger partial charge in [0.25, 0.3) is 0 Å². The van der Waals surface area contributed by atoms with Crippen molar-refractivity contribution in [1.82, 2.24) is 0 Å². The highest BCUT2D eigenvalue weighted by atomic mass is 31.2. The molecule has 0 N–H and O–H groups in total. The van der Waals surface area contributed by atoms with Crippen LogP contribution in [0.15, 0.2) is 0 Å². The van der Waals surface area contributed by atoms with Crippen molar-refractivity contribution in [3.05, 3.63) is 0 Å². The molecule has 0 aromatic rings. The third-order valence-corrected chi connectivity index (χ3v) is 4.77. The molecule has 1 rings (SSSR count). The van der Waals surface area contributed by atoms with Crippen molar-refractivity contribution in [3.8, 4) is 0 Å². The first kappa shape index (κ1) is 10.9. The number of rotatable bonds is 3. The van der Waals surface area contributed by atoms with Gasteiger partial charge >= 0.3 is 7.60 Å². The van der Waals surface area contributed by atoms with Crippen LogP contribution in [0.4, 0.5) is 0 Å². The van der Waals surface area contributed by atoms with Crippen LogP contribution in [-0.4, -0.2) is 25.7 Å². The van der Waals surface area contributed by atoms with Gasteiger partial charge in [-0.15, -0.1) is 0 Å². The van der Waals surface area contributed by atoms with Crippen LogP contribution in [0.1, 0.15) is 25.7 Å². The molecule has 0 bridgehead atoms. The highest BCUT2D eigenvalue weighted by Gasteiger charge is 2.37. The minimum absolute atomic E-state index is 0.158. The van der Waals surface area contributed by atoms with Gasteiger partial charge in [0, 0.05) is 27.1 Å². The molecule has 0 spiro atoms. The highest BCUT2D eigenvalue weighted by molar-refractivity contribution is 7.54. The van der Waals surface area contributed by atoms with E-state index in [0.717, 1.165) is 12.8 Å². The molecule has 13 heavy (non-hydrogen) atoms. The van der Waals surface area contributed by atoms with Crippen molar-refractivity contribution < 1.29 is 18.4 Å². The molecule has 0 aliphatic heterocycles. The molecule has 76 valence electrons. The van der Waals surface area contributed by atoms with E-state index in [2.05, 4.69) is 0 Å². The van der Waals surface area contributed by atoms with Gasteiger partial charge in [0.1, 0.15) is 5.78 Å². The largest absolute Gasteiger partial charge is 0.333 e. The van der Waals surface area contributed by atoms with E-state index in [9.17, 15) is 9.36 Å². The lowest BCUT2D eigenvalue weighted by molar-refractivity contribution is -0.120. The minimum atomic E-state index is -3.01. The summed E-state index contributed by atoms with van der Waals surface area (Å²) in [5.41, 5.74) is -0.233. The molecule has 0 aromatic carbocycles. The van der Waals surface area contributed by atoms with Crippen molar-refractivity contribution in [2.24, 2.45) is 0 Å². The van der Waals surface area contributed by atoms with E-state index in [4.69, 9.17) is 9.05 Å². The second-order valence-electron chi connectivity index (χ2n) is 3.19. The number of hydrogen-bond acceptors (Lipinski definition) is 4. The number of ketones is 1. The molecule has 4 nitrogen and oxygen atoms in total. The molecule has 0 radical (unpaired) electrons. The van der Waals surface area contributed by atoms with Crippen molar-refractivity contribution in [2.45, 2.75) is 31.3 Å². The van der Waals surface area contributed by atoms with E-state index < -0.39 is 7.60 Å². The van der Waals surface area contributed by atoms with Crippen LogP contribution in [0.25, 0.3) is 0 Å². The van der Waals surface area contributed by atoms with E-state index in [1.807, 2.05) is 0 Å². The van der Waals surface area contributed by atoms with E-state index >= 15 is 0 Å². The quantitative estimate of drug-likeness (QED) is 0.662. The molecule has 1 fully saturated rings. The number of hydrogen-bond donors (Lipinski definition) is 0. The Balaban J connectivity index is 2.69. The molecule has 1 saturated carbocycles. The van der Waals surface area contributed by atoms with Crippen LogP contribution in [-0.2, 0) is 18.4 Å². The Hall–Kier alpha value is -0.180. The summed E-state index contributed by atoms with van der Waals surface area (Å²) in [7, 11) is -0.286. The van der Waals surface area contributed by atoms with Crippen LogP contribution in [0.3, 0.4) is 0 Å². The summed E-state index contributed by atoms with van der Waals surface area (Å²) in [6.45, 7) is 0. The zero-order valence-corrected chi connectivity index (χ0v) is 8.88. The average Bonchev–Trinajstić information content (AvgIpc) is 2.17. The molecule has 1 atom stereocenters. The smallest absolute Gasteiger partial charge is 0.312 e. The third-order valence-electron chi connectivity index (χ3n) is 2.41. The van der Waals surface area contributed by atoms with Crippen LogP contribution < -0.4 is 0 Å². The zero-order chi connectivity index (χ0) is 9.90. The minimum Gasteiger partial charge on any atom is -0.312 e. The maximum atomic E-state index is 11.9.